The molecule has 2 atom stereocenters. The monoisotopic (exact) mass is 386 g/mol. The van der Waals surface area contributed by atoms with Crippen molar-refractivity contribution < 1.29 is 28.5 Å². The van der Waals surface area contributed by atoms with Crippen LogP contribution >= 0.6 is 0 Å². The molecule has 0 aromatic heterocycles. The molecule has 0 heterocycles. The maximum Gasteiger partial charge on any atom is 0.338 e. The van der Waals surface area contributed by atoms with E-state index in [9.17, 15) is 9.59 Å². The summed E-state index contributed by atoms with van der Waals surface area (Å²) in [5, 5.41) is 0. The highest BCUT2D eigenvalue weighted by Crippen LogP contribution is 2.15. The second kappa shape index (κ2) is 11.9. The van der Waals surface area contributed by atoms with E-state index in [1.54, 1.807) is 13.8 Å². The molecule has 0 aliphatic rings. The Balaban J connectivity index is 2.17. The summed E-state index contributed by atoms with van der Waals surface area (Å²) < 4.78 is 21.7. The van der Waals surface area contributed by atoms with E-state index in [2.05, 4.69) is 0 Å². The van der Waals surface area contributed by atoms with E-state index >= 15 is 0 Å². The number of ether oxygens (including phenoxy) is 4. The van der Waals surface area contributed by atoms with Crippen molar-refractivity contribution in [1.29, 1.82) is 0 Å². The highest BCUT2D eigenvalue weighted by molar-refractivity contribution is 5.85. The quantitative estimate of drug-likeness (QED) is 0.552. The zero-order valence-electron chi connectivity index (χ0n) is 16.2. The summed E-state index contributed by atoms with van der Waals surface area (Å²) >= 11 is 0. The van der Waals surface area contributed by atoms with Crippen molar-refractivity contribution in [2.45, 2.75) is 39.3 Å². The molecule has 2 aromatic rings. The minimum absolute atomic E-state index is 0.134. The van der Waals surface area contributed by atoms with E-state index in [1.807, 2.05) is 60.7 Å². The maximum atomic E-state index is 12.5. The van der Waals surface area contributed by atoms with Gasteiger partial charge in [-0.05, 0) is 25.0 Å². The molecule has 0 aliphatic heterocycles. The number of carbonyl (C=O) groups excluding carboxylic acids is 2. The van der Waals surface area contributed by atoms with Gasteiger partial charge in [-0.2, -0.15) is 0 Å². The van der Waals surface area contributed by atoms with Crippen molar-refractivity contribution in [2.24, 2.45) is 0 Å². The Labute approximate surface area is 165 Å². The Morgan fingerprint density at radius 2 is 1.04 bits per heavy atom. The van der Waals surface area contributed by atoms with Gasteiger partial charge in [0.25, 0.3) is 0 Å². The van der Waals surface area contributed by atoms with E-state index in [0.717, 1.165) is 11.1 Å². The van der Waals surface area contributed by atoms with Gasteiger partial charge in [0, 0.05) is 0 Å². The first-order valence-corrected chi connectivity index (χ1v) is 9.30. The smallest absolute Gasteiger partial charge is 0.338 e. The Bertz CT molecular complexity index is 653. The van der Waals surface area contributed by atoms with Crippen LogP contribution in [0.2, 0.25) is 0 Å². The molecule has 0 saturated heterocycles. The van der Waals surface area contributed by atoms with Crippen LogP contribution in [-0.2, 0) is 41.8 Å². The fourth-order valence-corrected chi connectivity index (χ4v) is 2.53. The fourth-order valence-electron chi connectivity index (χ4n) is 2.53. The van der Waals surface area contributed by atoms with Crippen LogP contribution in [0.5, 0.6) is 0 Å². The van der Waals surface area contributed by atoms with Crippen molar-refractivity contribution in [3.8, 4) is 0 Å². The number of hydrogen-bond donors (Lipinski definition) is 0. The molecular weight excluding hydrogens is 360 g/mol. The molecule has 0 saturated carbocycles. The third-order valence-corrected chi connectivity index (χ3v) is 3.86. The van der Waals surface area contributed by atoms with Gasteiger partial charge in [-0.1, -0.05) is 60.7 Å². The largest absolute Gasteiger partial charge is 0.464 e. The Kier molecular flexibility index (Phi) is 9.18. The van der Waals surface area contributed by atoms with Crippen molar-refractivity contribution >= 4 is 11.9 Å². The molecule has 0 amide bonds. The highest BCUT2D eigenvalue weighted by Gasteiger charge is 2.38. The molecule has 0 aliphatic carbocycles. The van der Waals surface area contributed by atoms with Crippen LogP contribution in [-0.4, -0.2) is 37.4 Å². The van der Waals surface area contributed by atoms with Crippen LogP contribution in [0.25, 0.3) is 0 Å². The summed E-state index contributed by atoms with van der Waals surface area (Å²) in [7, 11) is 0. The van der Waals surface area contributed by atoms with Crippen LogP contribution in [0.15, 0.2) is 60.7 Å². The zero-order valence-corrected chi connectivity index (χ0v) is 16.2. The summed E-state index contributed by atoms with van der Waals surface area (Å²) in [6, 6.07) is 18.7. The van der Waals surface area contributed by atoms with Crippen molar-refractivity contribution in [3.63, 3.8) is 0 Å². The molecule has 150 valence electrons. The van der Waals surface area contributed by atoms with Crippen LogP contribution in [0, 0.1) is 0 Å². The Morgan fingerprint density at radius 3 is 1.36 bits per heavy atom. The normalized spacial score (nSPS) is 12.8. The van der Waals surface area contributed by atoms with E-state index in [-0.39, 0.29) is 26.4 Å². The minimum Gasteiger partial charge on any atom is -0.464 e. The van der Waals surface area contributed by atoms with Gasteiger partial charge in [-0.25, -0.2) is 9.59 Å². The lowest BCUT2D eigenvalue weighted by atomic mass is 10.1. The van der Waals surface area contributed by atoms with E-state index in [0.29, 0.717) is 0 Å². The Morgan fingerprint density at radius 1 is 0.679 bits per heavy atom. The first-order valence-electron chi connectivity index (χ1n) is 9.30. The number of carbonyl (C=O) groups is 2. The summed E-state index contributed by atoms with van der Waals surface area (Å²) in [6.07, 6.45) is -2.47. The third kappa shape index (κ3) is 6.79. The highest BCUT2D eigenvalue weighted by atomic mass is 16.6. The average molecular weight is 386 g/mol. The lowest BCUT2D eigenvalue weighted by Crippen LogP contribution is -2.45. The van der Waals surface area contributed by atoms with Gasteiger partial charge in [0.1, 0.15) is 0 Å². The Hall–Kier alpha value is -2.70. The number of rotatable bonds is 11. The minimum atomic E-state index is -1.23. The number of benzene rings is 2. The molecule has 2 rings (SSSR count). The molecule has 0 unspecified atom stereocenters. The second-order valence-corrected chi connectivity index (χ2v) is 5.94. The molecule has 6 heteroatoms. The van der Waals surface area contributed by atoms with E-state index < -0.39 is 24.1 Å². The summed E-state index contributed by atoms with van der Waals surface area (Å²) in [4.78, 5) is 25.0. The van der Waals surface area contributed by atoms with Gasteiger partial charge in [0.05, 0.1) is 26.4 Å². The molecular formula is C22H26O6. The number of hydrogen-bond acceptors (Lipinski definition) is 6. The maximum absolute atomic E-state index is 12.5. The molecule has 0 radical (unpaired) electrons. The van der Waals surface area contributed by atoms with Gasteiger partial charge < -0.3 is 18.9 Å². The first-order chi connectivity index (χ1) is 13.7. The fraction of sp³-hybridized carbons (Fsp3) is 0.364. The average Bonchev–Trinajstić information content (AvgIpc) is 2.72. The molecule has 0 bridgehead atoms. The van der Waals surface area contributed by atoms with Gasteiger partial charge in [0.15, 0.2) is 12.2 Å². The van der Waals surface area contributed by atoms with Gasteiger partial charge in [0.2, 0.25) is 0 Å². The second-order valence-electron chi connectivity index (χ2n) is 5.94. The van der Waals surface area contributed by atoms with Gasteiger partial charge in [-0.15, -0.1) is 0 Å². The van der Waals surface area contributed by atoms with Crippen LogP contribution in [0.4, 0.5) is 0 Å². The summed E-state index contributed by atoms with van der Waals surface area (Å²) in [5.74, 6) is -1.32. The molecule has 0 N–H and O–H groups in total. The standard InChI is InChI=1S/C22H26O6/c1-3-25-21(23)19(27-15-17-11-7-5-8-12-17)20(22(24)26-4-2)28-16-18-13-9-6-10-14-18/h5-14,19-20H,3-4,15-16H2,1-2H3/t19-,20-/m0/s1. The first kappa shape index (κ1) is 21.6. The molecule has 28 heavy (non-hydrogen) atoms. The van der Waals surface area contributed by atoms with Crippen LogP contribution in [0.1, 0.15) is 25.0 Å². The SMILES string of the molecule is CCOC(=O)[C@@H](OCc1ccccc1)[C@H](OCc1ccccc1)C(=O)OCC. The molecule has 6 nitrogen and oxygen atoms in total. The van der Waals surface area contributed by atoms with Crippen molar-refractivity contribution in [3.05, 3.63) is 71.8 Å². The summed E-state index contributed by atoms with van der Waals surface area (Å²) in [5.41, 5.74) is 1.73. The zero-order chi connectivity index (χ0) is 20.2. The van der Waals surface area contributed by atoms with Crippen LogP contribution < -0.4 is 0 Å². The van der Waals surface area contributed by atoms with Crippen molar-refractivity contribution in [1.82, 2.24) is 0 Å². The van der Waals surface area contributed by atoms with Gasteiger partial charge >= 0.3 is 11.9 Å². The lowest BCUT2D eigenvalue weighted by molar-refractivity contribution is -0.185. The van der Waals surface area contributed by atoms with Gasteiger partial charge in [-0.3, -0.25) is 0 Å². The van der Waals surface area contributed by atoms with E-state index in [4.69, 9.17) is 18.9 Å². The predicted octanol–water partition coefficient (Wildman–Crippen LogP) is 3.28. The molecule has 2 aromatic carbocycles. The lowest BCUT2D eigenvalue weighted by Gasteiger charge is -2.24. The molecule has 0 spiro atoms. The topological polar surface area (TPSA) is 71.1 Å². The van der Waals surface area contributed by atoms with E-state index in [1.165, 1.54) is 0 Å². The predicted molar refractivity (Wildman–Crippen MR) is 103 cm³/mol. The van der Waals surface area contributed by atoms with Crippen LogP contribution in [0.3, 0.4) is 0 Å². The molecule has 0 fully saturated rings. The van der Waals surface area contributed by atoms with Crippen molar-refractivity contribution in [2.75, 3.05) is 13.2 Å². The summed E-state index contributed by atoms with van der Waals surface area (Å²) in [6.45, 7) is 3.98. The number of esters is 2. The third-order valence-electron chi connectivity index (χ3n) is 3.86.